The van der Waals surface area contributed by atoms with Crippen LogP contribution in [0.3, 0.4) is 0 Å². The first-order valence-corrected chi connectivity index (χ1v) is 8.06. The van der Waals surface area contributed by atoms with Gasteiger partial charge in [-0.25, -0.2) is 0 Å². The van der Waals surface area contributed by atoms with E-state index in [4.69, 9.17) is 17.3 Å². The summed E-state index contributed by atoms with van der Waals surface area (Å²) in [5, 5.41) is 0.573. The second kappa shape index (κ2) is 6.09. The first kappa shape index (κ1) is 14.6. The van der Waals surface area contributed by atoms with Crippen LogP contribution in [0.15, 0.2) is 24.3 Å². The molecule has 0 amide bonds. The van der Waals surface area contributed by atoms with Crippen LogP contribution in [-0.4, -0.2) is 32.4 Å². The number of hydrogen-bond acceptors (Lipinski definition) is 3. The van der Waals surface area contributed by atoms with Crippen molar-refractivity contribution in [2.75, 3.05) is 24.4 Å². The number of hydrogen-bond donors (Lipinski definition) is 2. The number of piperidine rings is 1. The van der Waals surface area contributed by atoms with Crippen LogP contribution in [-0.2, 0) is 10.2 Å². The van der Waals surface area contributed by atoms with Gasteiger partial charge in [-0.2, -0.15) is 12.7 Å². The molecule has 0 aliphatic carbocycles. The lowest BCUT2D eigenvalue weighted by Crippen LogP contribution is -2.44. The molecule has 1 aliphatic rings. The third-order valence-corrected chi connectivity index (χ3v) is 5.00. The summed E-state index contributed by atoms with van der Waals surface area (Å²) < 4.78 is 28.5. The SMILES string of the molecule is NCC1CCCN(S(=O)(=O)Nc2ccc(Cl)cc2)C1. The van der Waals surface area contributed by atoms with Gasteiger partial charge in [-0.15, -0.1) is 0 Å². The number of benzene rings is 1. The minimum absolute atomic E-state index is 0.246. The molecule has 0 saturated carbocycles. The molecule has 1 heterocycles. The first-order chi connectivity index (χ1) is 9.01. The highest BCUT2D eigenvalue weighted by Gasteiger charge is 2.28. The molecule has 19 heavy (non-hydrogen) atoms. The van der Waals surface area contributed by atoms with Crippen molar-refractivity contribution in [3.05, 3.63) is 29.3 Å². The number of nitrogens with one attached hydrogen (secondary N) is 1. The molecule has 7 heteroatoms. The number of nitrogens with zero attached hydrogens (tertiary/aromatic N) is 1. The van der Waals surface area contributed by atoms with E-state index in [1.54, 1.807) is 24.3 Å². The van der Waals surface area contributed by atoms with Crippen molar-refractivity contribution in [3.8, 4) is 0 Å². The van der Waals surface area contributed by atoms with Crippen LogP contribution < -0.4 is 10.5 Å². The van der Waals surface area contributed by atoms with E-state index in [0.717, 1.165) is 12.8 Å². The summed E-state index contributed by atoms with van der Waals surface area (Å²) >= 11 is 5.77. The Morgan fingerprint density at radius 1 is 1.37 bits per heavy atom. The fraction of sp³-hybridized carbons (Fsp3) is 0.500. The zero-order valence-corrected chi connectivity index (χ0v) is 12.1. The van der Waals surface area contributed by atoms with E-state index in [1.807, 2.05) is 0 Å². The molecule has 1 atom stereocenters. The zero-order valence-electron chi connectivity index (χ0n) is 10.5. The maximum Gasteiger partial charge on any atom is 0.301 e. The van der Waals surface area contributed by atoms with Gasteiger partial charge >= 0.3 is 10.2 Å². The van der Waals surface area contributed by atoms with E-state index in [1.165, 1.54) is 4.31 Å². The second-order valence-electron chi connectivity index (χ2n) is 4.72. The second-order valence-corrected chi connectivity index (χ2v) is 6.82. The first-order valence-electron chi connectivity index (χ1n) is 6.25. The topological polar surface area (TPSA) is 75.4 Å². The largest absolute Gasteiger partial charge is 0.330 e. The lowest BCUT2D eigenvalue weighted by molar-refractivity contribution is 0.273. The van der Waals surface area contributed by atoms with Crippen LogP contribution in [0.5, 0.6) is 0 Å². The highest BCUT2D eigenvalue weighted by molar-refractivity contribution is 7.90. The number of nitrogens with two attached hydrogens (primary N) is 1. The van der Waals surface area contributed by atoms with Crippen molar-refractivity contribution in [1.82, 2.24) is 4.31 Å². The maximum atomic E-state index is 12.2. The normalized spacial score (nSPS) is 21.3. The minimum Gasteiger partial charge on any atom is -0.330 e. The summed E-state index contributed by atoms with van der Waals surface area (Å²) in [4.78, 5) is 0. The standard InChI is InChI=1S/C12H18ClN3O2S/c13-11-3-5-12(6-4-11)15-19(17,18)16-7-1-2-10(8-14)9-16/h3-6,10,15H,1-2,7-9,14H2. The molecule has 2 rings (SSSR count). The molecule has 5 nitrogen and oxygen atoms in total. The average molecular weight is 304 g/mol. The van der Waals surface area contributed by atoms with Gasteiger partial charge < -0.3 is 5.73 Å². The zero-order chi connectivity index (χ0) is 13.9. The lowest BCUT2D eigenvalue weighted by Gasteiger charge is -2.31. The maximum absolute atomic E-state index is 12.2. The smallest absolute Gasteiger partial charge is 0.301 e. The molecule has 0 bridgehead atoms. The fourth-order valence-electron chi connectivity index (χ4n) is 2.17. The quantitative estimate of drug-likeness (QED) is 0.888. The van der Waals surface area contributed by atoms with Gasteiger partial charge in [0.2, 0.25) is 0 Å². The van der Waals surface area contributed by atoms with Gasteiger partial charge in [-0.3, -0.25) is 4.72 Å². The third kappa shape index (κ3) is 3.82. The van der Waals surface area contributed by atoms with Crippen molar-refractivity contribution in [1.29, 1.82) is 0 Å². The molecule has 1 aliphatic heterocycles. The van der Waals surface area contributed by atoms with E-state index in [-0.39, 0.29) is 5.92 Å². The Morgan fingerprint density at radius 2 is 2.05 bits per heavy atom. The molecular weight excluding hydrogens is 286 g/mol. The van der Waals surface area contributed by atoms with Gasteiger partial charge in [-0.1, -0.05) is 11.6 Å². The van der Waals surface area contributed by atoms with Gasteiger partial charge in [0.15, 0.2) is 0 Å². The van der Waals surface area contributed by atoms with E-state index < -0.39 is 10.2 Å². The van der Waals surface area contributed by atoms with Gasteiger partial charge in [0.05, 0.1) is 0 Å². The molecule has 0 radical (unpaired) electrons. The van der Waals surface area contributed by atoms with Crippen LogP contribution in [0.1, 0.15) is 12.8 Å². The van der Waals surface area contributed by atoms with Crippen LogP contribution in [0, 0.1) is 5.92 Å². The van der Waals surface area contributed by atoms with Crippen LogP contribution >= 0.6 is 11.6 Å². The Kier molecular flexibility index (Phi) is 4.67. The van der Waals surface area contributed by atoms with Crippen molar-refractivity contribution in [3.63, 3.8) is 0 Å². The van der Waals surface area contributed by atoms with Crippen LogP contribution in [0.4, 0.5) is 5.69 Å². The van der Waals surface area contributed by atoms with Gasteiger partial charge in [0.1, 0.15) is 0 Å². The summed E-state index contributed by atoms with van der Waals surface area (Å²) in [7, 11) is -3.51. The molecule has 0 spiro atoms. The van der Waals surface area contributed by atoms with Gasteiger partial charge in [0, 0.05) is 23.8 Å². The molecule has 0 aromatic heterocycles. The average Bonchev–Trinajstić information content (AvgIpc) is 2.41. The van der Waals surface area contributed by atoms with Crippen LogP contribution in [0.2, 0.25) is 5.02 Å². The highest BCUT2D eigenvalue weighted by Crippen LogP contribution is 2.21. The third-order valence-electron chi connectivity index (χ3n) is 3.25. The number of anilines is 1. The van der Waals surface area contributed by atoms with Crippen molar-refractivity contribution < 1.29 is 8.42 Å². The fourth-order valence-corrected chi connectivity index (χ4v) is 3.63. The Hall–Kier alpha value is -0.820. The summed E-state index contributed by atoms with van der Waals surface area (Å²) in [6.45, 7) is 1.55. The summed E-state index contributed by atoms with van der Waals surface area (Å²) in [6, 6.07) is 6.59. The summed E-state index contributed by atoms with van der Waals surface area (Å²) in [6.07, 6.45) is 1.84. The highest BCUT2D eigenvalue weighted by atomic mass is 35.5. The van der Waals surface area contributed by atoms with E-state index in [9.17, 15) is 8.42 Å². The molecule has 1 fully saturated rings. The lowest BCUT2D eigenvalue weighted by atomic mass is 10.0. The van der Waals surface area contributed by atoms with Gasteiger partial charge in [-0.05, 0) is 49.6 Å². The predicted molar refractivity (Wildman–Crippen MR) is 77.3 cm³/mol. The van der Waals surface area contributed by atoms with Crippen molar-refractivity contribution in [2.45, 2.75) is 12.8 Å². The molecule has 1 saturated heterocycles. The van der Waals surface area contributed by atoms with Gasteiger partial charge in [0.25, 0.3) is 0 Å². The molecule has 1 aromatic rings. The molecule has 3 N–H and O–H groups in total. The van der Waals surface area contributed by atoms with Crippen LogP contribution in [0.25, 0.3) is 0 Å². The molecular formula is C12H18ClN3O2S. The Labute approximate surface area is 118 Å². The molecule has 1 aromatic carbocycles. The Bertz CT molecular complexity index is 518. The monoisotopic (exact) mass is 303 g/mol. The molecule has 1 unspecified atom stereocenters. The number of rotatable bonds is 4. The Balaban J connectivity index is 2.07. The van der Waals surface area contributed by atoms with E-state index in [2.05, 4.69) is 4.72 Å². The Morgan fingerprint density at radius 3 is 2.68 bits per heavy atom. The summed E-state index contributed by atoms with van der Waals surface area (Å²) in [5.41, 5.74) is 6.13. The molecule has 106 valence electrons. The summed E-state index contributed by atoms with van der Waals surface area (Å²) in [5.74, 6) is 0.246. The predicted octanol–water partition coefficient (Wildman–Crippen LogP) is 1.67. The number of halogens is 1. The van der Waals surface area contributed by atoms with Crippen molar-refractivity contribution in [2.24, 2.45) is 11.7 Å². The van der Waals surface area contributed by atoms with E-state index in [0.29, 0.717) is 30.3 Å². The van der Waals surface area contributed by atoms with E-state index >= 15 is 0 Å². The van der Waals surface area contributed by atoms with Crippen molar-refractivity contribution >= 4 is 27.5 Å². The minimum atomic E-state index is -3.51.